The number of hydrogen-bond donors (Lipinski definition) is 1. The molecule has 1 aromatic heterocycles. The minimum Gasteiger partial charge on any atom is -0.369 e. The van der Waals surface area contributed by atoms with E-state index < -0.39 is 0 Å². The number of benzene rings is 2. The summed E-state index contributed by atoms with van der Waals surface area (Å²) in [6.45, 7) is 2.08. The maximum atomic E-state index is 4.62. The Kier molecular flexibility index (Phi) is 3.94. The van der Waals surface area contributed by atoms with Crippen molar-refractivity contribution in [3.8, 4) is 11.4 Å². The zero-order valence-corrected chi connectivity index (χ0v) is 13.5. The lowest BCUT2D eigenvalue weighted by molar-refractivity contribution is 0.805. The molecule has 1 aliphatic heterocycles. The third-order valence-corrected chi connectivity index (χ3v) is 4.74. The van der Waals surface area contributed by atoms with Gasteiger partial charge in [-0.2, -0.15) is 9.36 Å². The Morgan fingerprint density at radius 1 is 1.00 bits per heavy atom. The number of aromatic nitrogens is 2. The van der Waals surface area contributed by atoms with Gasteiger partial charge in [-0.25, -0.2) is 0 Å². The number of nitrogens with zero attached hydrogens (tertiary/aromatic N) is 3. The molecule has 2 aromatic carbocycles. The third kappa shape index (κ3) is 3.19. The second-order valence-electron chi connectivity index (χ2n) is 5.70. The van der Waals surface area contributed by atoms with Crippen molar-refractivity contribution < 1.29 is 0 Å². The van der Waals surface area contributed by atoms with Crippen LogP contribution < -0.4 is 10.2 Å². The monoisotopic (exact) mass is 322 g/mol. The number of nitrogens with one attached hydrogen (secondary N) is 1. The highest BCUT2D eigenvalue weighted by molar-refractivity contribution is 7.09. The first-order valence-electron chi connectivity index (χ1n) is 7.84. The third-order valence-electron chi connectivity index (χ3n) is 4.10. The van der Waals surface area contributed by atoms with Gasteiger partial charge >= 0.3 is 0 Å². The minimum absolute atomic E-state index is 0.423. The van der Waals surface area contributed by atoms with Gasteiger partial charge in [-0.1, -0.05) is 48.5 Å². The number of para-hydroxylation sites is 1. The zero-order chi connectivity index (χ0) is 15.5. The molecule has 0 bridgehead atoms. The van der Waals surface area contributed by atoms with Gasteiger partial charge in [-0.05, 0) is 18.6 Å². The lowest BCUT2D eigenvalue weighted by Gasteiger charge is -2.18. The SMILES string of the molecule is c1ccc(-c2nsc(NC3CCN(c4ccccc4)C3)n2)cc1. The molecule has 0 spiro atoms. The van der Waals surface area contributed by atoms with Gasteiger partial charge in [0.2, 0.25) is 5.13 Å². The van der Waals surface area contributed by atoms with Crippen molar-refractivity contribution in [2.24, 2.45) is 0 Å². The van der Waals surface area contributed by atoms with E-state index in [0.29, 0.717) is 6.04 Å². The summed E-state index contributed by atoms with van der Waals surface area (Å²) in [5.74, 6) is 0.802. The van der Waals surface area contributed by atoms with Crippen LogP contribution in [0.3, 0.4) is 0 Å². The summed E-state index contributed by atoms with van der Waals surface area (Å²) in [6.07, 6.45) is 1.12. The first kappa shape index (κ1) is 14.2. The smallest absolute Gasteiger partial charge is 0.203 e. The highest BCUT2D eigenvalue weighted by Gasteiger charge is 2.23. The average Bonchev–Trinajstić information content (AvgIpc) is 3.27. The molecule has 1 N–H and O–H groups in total. The van der Waals surface area contributed by atoms with Crippen LogP contribution in [0.4, 0.5) is 10.8 Å². The van der Waals surface area contributed by atoms with Gasteiger partial charge in [0.1, 0.15) is 0 Å². The maximum absolute atomic E-state index is 4.62. The zero-order valence-electron chi connectivity index (χ0n) is 12.7. The van der Waals surface area contributed by atoms with Crippen molar-refractivity contribution in [1.29, 1.82) is 0 Å². The van der Waals surface area contributed by atoms with E-state index >= 15 is 0 Å². The Morgan fingerprint density at radius 3 is 2.52 bits per heavy atom. The fraction of sp³-hybridized carbons (Fsp3) is 0.222. The normalized spacial score (nSPS) is 17.4. The predicted molar refractivity (Wildman–Crippen MR) is 96.0 cm³/mol. The molecule has 0 aliphatic carbocycles. The van der Waals surface area contributed by atoms with Crippen molar-refractivity contribution in [1.82, 2.24) is 9.36 Å². The van der Waals surface area contributed by atoms with Crippen LogP contribution in [-0.2, 0) is 0 Å². The van der Waals surface area contributed by atoms with Gasteiger partial charge < -0.3 is 10.2 Å². The second kappa shape index (κ2) is 6.38. The molecule has 3 aromatic rings. The summed E-state index contributed by atoms with van der Waals surface area (Å²) < 4.78 is 4.46. The van der Waals surface area contributed by atoms with Crippen molar-refractivity contribution in [3.63, 3.8) is 0 Å². The highest BCUT2D eigenvalue weighted by Crippen LogP contribution is 2.25. The molecule has 5 heteroatoms. The molecule has 116 valence electrons. The van der Waals surface area contributed by atoms with Gasteiger partial charge in [-0.15, -0.1) is 0 Å². The molecule has 4 nitrogen and oxygen atoms in total. The fourth-order valence-electron chi connectivity index (χ4n) is 2.91. The summed E-state index contributed by atoms with van der Waals surface area (Å²) in [6, 6.07) is 21.1. The van der Waals surface area contributed by atoms with Crippen LogP contribution in [0.2, 0.25) is 0 Å². The van der Waals surface area contributed by atoms with E-state index in [1.807, 2.05) is 30.3 Å². The summed E-state index contributed by atoms with van der Waals surface area (Å²) in [5.41, 5.74) is 2.35. The van der Waals surface area contributed by atoms with Gasteiger partial charge in [0.05, 0.1) is 0 Å². The van der Waals surface area contributed by atoms with Crippen LogP contribution >= 0.6 is 11.5 Å². The highest BCUT2D eigenvalue weighted by atomic mass is 32.1. The Balaban J connectivity index is 1.41. The van der Waals surface area contributed by atoms with Crippen molar-refractivity contribution in [2.75, 3.05) is 23.3 Å². The van der Waals surface area contributed by atoms with Crippen molar-refractivity contribution >= 4 is 22.4 Å². The van der Waals surface area contributed by atoms with E-state index in [-0.39, 0.29) is 0 Å². The predicted octanol–water partition coefficient (Wildman–Crippen LogP) is 3.90. The quantitative estimate of drug-likeness (QED) is 0.791. The van der Waals surface area contributed by atoms with Crippen molar-refractivity contribution in [3.05, 3.63) is 60.7 Å². The molecule has 23 heavy (non-hydrogen) atoms. The van der Waals surface area contributed by atoms with Crippen LogP contribution in [-0.4, -0.2) is 28.5 Å². The van der Waals surface area contributed by atoms with Gasteiger partial charge in [0, 0.05) is 41.9 Å². The Morgan fingerprint density at radius 2 is 1.74 bits per heavy atom. The van der Waals surface area contributed by atoms with E-state index in [2.05, 4.69) is 49.9 Å². The van der Waals surface area contributed by atoms with E-state index in [0.717, 1.165) is 36.0 Å². The Bertz CT molecular complexity index is 757. The molecule has 2 heterocycles. The van der Waals surface area contributed by atoms with Crippen LogP contribution in [0.25, 0.3) is 11.4 Å². The molecule has 0 radical (unpaired) electrons. The first-order valence-corrected chi connectivity index (χ1v) is 8.61. The average molecular weight is 322 g/mol. The van der Waals surface area contributed by atoms with Gasteiger partial charge in [0.15, 0.2) is 5.82 Å². The van der Waals surface area contributed by atoms with Crippen LogP contribution in [0, 0.1) is 0 Å². The molecule has 1 saturated heterocycles. The van der Waals surface area contributed by atoms with Crippen LogP contribution in [0.15, 0.2) is 60.7 Å². The van der Waals surface area contributed by atoms with Crippen LogP contribution in [0.5, 0.6) is 0 Å². The minimum atomic E-state index is 0.423. The first-order chi connectivity index (χ1) is 11.4. The van der Waals surface area contributed by atoms with E-state index in [1.54, 1.807) is 0 Å². The molecule has 4 rings (SSSR count). The molecular formula is C18H18N4S. The molecule has 0 amide bonds. The van der Waals surface area contributed by atoms with Crippen LogP contribution in [0.1, 0.15) is 6.42 Å². The number of rotatable bonds is 4. The van der Waals surface area contributed by atoms with E-state index in [9.17, 15) is 0 Å². The molecule has 1 atom stereocenters. The summed E-state index contributed by atoms with van der Waals surface area (Å²) in [7, 11) is 0. The molecule has 0 saturated carbocycles. The molecule has 1 unspecified atom stereocenters. The van der Waals surface area contributed by atoms with Gasteiger partial charge in [-0.3, -0.25) is 0 Å². The second-order valence-corrected chi connectivity index (χ2v) is 6.45. The standard InChI is InChI=1S/C18H18N4S/c1-3-7-14(8-4-1)17-20-18(23-21-17)19-15-11-12-22(13-15)16-9-5-2-6-10-16/h1-10,15H,11-13H2,(H,19,20,21). The lowest BCUT2D eigenvalue weighted by Crippen LogP contribution is -2.25. The molecule has 1 fully saturated rings. The van der Waals surface area contributed by atoms with E-state index in [1.165, 1.54) is 17.2 Å². The summed E-state index contributed by atoms with van der Waals surface area (Å²) in [5, 5.41) is 4.44. The van der Waals surface area contributed by atoms with Crippen molar-refractivity contribution in [2.45, 2.75) is 12.5 Å². The summed E-state index contributed by atoms with van der Waals surface area (Å²) in [4.78, 5) is 7.03. The fourth-order valence-corrected chi connectivity index (χ4v) is 3.58. The Hall–Kier alpha value is -2.40. The largest absolute Gasteiger partial charge is 0.369 e. The topological polar surface area (TPSA) is 41.1 Å². The van der Waals surface area contributed by atoms with E-state index in [4.69, 9.17) is 0 Å². The summed E-state index contributed by atoms with van der Waals surface area (Å²) >= 11 is 1.44. The lowest BCUT2D eigenvalue weighted by atomic mass is 10.2. The maximum Gasteiger partial charge on any atom is 0.203 e. The molecular weight excluding hydrogens is 304 g/mol. The Labute approximate surface area is 140 Å². The molecule has 1 aliphatic rings. The number of hydrogen-bond acceptors (Lipinski definition) is 5. The number of anilines is 2. The van der Waals surface area contributed by atoms with Gasteiger partial charge in [0.25, 0.3) is 0 Å².